The Morgan fingerprint density at radius 2 is 0.805 bits per heavy atom. The first-order valence-corrected chi connectivity index (χ1v) is 31.8. The number of unbranched alkanes of at least 4 members (excludes halogenated alkanes) is 2. The first-order valence-electron chi connectivity index (χ1n) is 31.8. The maximum absolute atomic E-state index is 6.74. The Balaban J connectivity index is 0.870. The molecule has 10 rings (SSSR count). The van der Waals surface area contributed by atoms with Crippen molar-refractivity contribution < 1.29 is 33.2 Å². The minimum atomic E-state index is -0.260. The summed E-state index contributed by atoms with van der Waals surface area (Å²) in [6, 6.07) is 73.5. The smallest absolute Gasteiger partial charge is 0.129 e. The molecule has 0 aliphatic carbocycles. The van der Waals surface area contributed by atoms with Gasteiger partial charge in [-0.3, -0.25) is 0 Å². The third-order valence-corrected chi connectivity index (χ3v) is 17.7. The van der Waals surface area contributed by atoms with E-state index in [0.717, 1.165) is 160 Å². The van der Waals surface area contributed by atoms with Gasteiger partial charge in [-0.2, -0.15) is 0 Å². The van der Waals surface area contributed by atoms with Crippen molar-refractivity contribution in [3.05, 3.63) is 212 Å². The van der Waals surface area contributed by atoms with Crippen molar-refractivity contribution >= 4 is 39.8 Å². The van der Waals surface area contributed by atoms with Crippen LogP contribution in [0.1, 0.15) is 105 Å². The molecule has 2 fully saturated rings. The molecule has 0 aromatic heterocycles. The van der Waals surface area contributed by atoms with Crippen LogP contribution < -0.4 is 28.9 Å². The maximum atomic E-state index is 6.74. The van der Waals surface area contributed by atoms with E-state index < -0.39 is 0 Å². The maximum Gasteiger partial charge on any atom is 0.129 e. The molecule has 2 saturated heterocycles. The fraction of sp³-hybridized carbons (Fsp3) is 0.377. The summed E-state index contributed by atoms with van der Waals surface area (Å²) in [5.74, 6) is 3.17. The average Bonchev–Trinajstić information content (AvgIpc) is 2.73. The molecule has 0 unspecified atom stereocenters. The summed E-state index contributed by atoms with van der Waals surface area (Å²) in [6.45, 7) is 23.2. The summed E-state index contributed by atoms with van der Waals surface area (Å²) >= 11 is 0. The molecule has 2 aliphatic heterocycles. The normalized spacial score (nSPS) is 14.3. The van der Waals surface area contributed by atoms with Gasteiger partial charge in [0.15, 0.2) is 0 Å². The minimum Gasteiger partial charge on any atom is -0.494 e. The summed E-state index contributed by atoms with van der Waals surface area (Å²) in [7, 11) is 0. The summed E-state index contributed by atoms with van der Waals surface area (Å²) in [5.41, 5.74) is 11.0. The van der Waals surface area contributed by atoms with E-state index in [0.29, 0.717) is 19.8 Å². The van der Waals surface area contributed by atoms with Crippen molar-refractivity contribution in [3.63, 3.8) is 0 Å². The average molecular weight is 1170 g/mol. The SMILES string of the molecule is CCC(C)(CC)N(c1cccc(OCCCCOCC2(C)COC2)c1)c1cccc(Oc2ccc(N(c3ccc(-c4ccc(C(CC)(CC)N(c5ccccc5)c5ccccc5)cc4)cc3)c3cccc(OCCCCOCC4(C)COC4)c3)cc2)c1. The Labute approximate surface area is 518 Å². The molecule has 0 saturated carbocycles. The highest BCUT2D eigenvalue weighted by Gasteiger charge is 2.38. The minimum absolute atomic E-state index is 0.152. The molecule has 87 heavy (non-hydrogen) atoms. The second-order valence-corrected chi connectivity index (χ2v) is 24.7. The highest BCUT2D eigenvalue weighted by Crippen LogP contribution is 2.46. The molecule has 0 radical (unpaired) electrons. The molecule has 456 valence electrons. The number of benzene rings is 8. The van der Waals surface area contributed by atoms with Crippen LogP contribution in [-0.2, 0) is 24.5 Å². The molecule has 0 spiro atoms. The van der Waals surface area contributed by atoms with Gasteiger partial charge < -0.3 is 47.9 Å². The second-order valence-electron chi connectivity index (χ2n) is 24.7. The van der Waals surface area contributed by atoms with Crippen LogP contribution in [0.25, 0.3) is 11.1 Å². The zero-order valence-corrected chi connectivity index (χ0v) is 52.6. The zero-order valence-electron chi connectivity index (χ0n) is 52.6. The van der Waals surface area contributed by atoms with Crippen LogP contribution in [0.5, 0.6) is 23.0 Å². The summed E-state index contributed by atoms with van der Waals surface area (Å²) in [4.78, 5) is 7.26. The Hall–Kier alpha value is -7.60. The first-order chi connectivity index (χ1) is 42.5. The van der Waals surface area contributed by atoms with Crippen molar-refractivity contribution in [1.29, 1.82) is 0 Å². The fourth-order valence-corrected chi connectivity index (χ4v) is 12.1. The number of hydrogen-bond donors (Lipinski definition) is 0. The van der Waals surface area contributed by atoms with Gasteiger partial charge in [-0.25, -0.2) is 0 Å². The molecule has 2 aliphatic rings. The van der Waals surface area contributed by atoms with E-state index in [9.17, 15) is 0 Å². The van der Waals surface area contributed by atoms with Crippen molar-refractivity contribution in [1.82, 2.24) is 0 Å². The Kier molecular flexibility index (Phi) is 21.1. The fourth-order valence-electron chi connectivity index (χ4n) is 12.1. The molecule has 8 aromatic carbocycles. The van der Waals surface area contributed by atoms with Crippen LogP contribution in [0.2, 0.25) is 0 Å². The predicted octanol–water partition coefficient (Wildman–Crippen LogP) is 19.6. The highest BCUT2D eigenvalue weighted by molar-refractivity contribution is 5.79. The third kappa shape index (κ3) is 15.4. The number of rotatable bonds is 33. The molecule has 10 nitrogen and oxygen atoms in total. The molecular formula is C77H91N3O7. The Bertz CT molecular complexity index is 3320. The van der Waals surface area contributed by atoms with Crippen molar-refractivity contribution in [2.24, 2.45) is 10.8 Å². The summed E-state index contributed by atoms with van der Waals surface area (Å²) in [5, 5.41) is 0. The second kappa shape index (κ2) is 29.4. The van der Waals surface area contributed by atoms with E-state index >= 15 is 0 Å². The monoisotopic (exact) mass is 1170 g/mol. The van der Waals surface area contributed by atoms with Gasteiger partial charge in [-0.05, 0) is 172 Å². The van der Waals surface area contributed by atoms with Crippen LogP contribution in [0.15, 0.2) is 206 Å². The third-order valence-electron chi connectivity index (χ3n) is 17.7. The molecule has 0 atom stereocenters. The van der Waals surface area contributed by atoms with Crippen LogP contribution in [0.4, 0.5) is 39.8 Å². The van der Waals surface area contributed by atoms with Crippen molar-refractivity contribution in [2.45, 2.75) is 111 Å². The Morgan fingerprint density at radius 3 is 1.26 bits per heavy atom. The van der Waals surface area contributed by atoms with Gasteiger partial charge in [0.2, 0.25) is 0 Å². The zero-order chi connectivity index (χ0) is 60.5. The van der Waals surface area contributed by atoms with E-state index in [4.69, 9.17) is 33.2 Å². The largest absolute Gasteiger partial charge is 0.494 e. The van der Waals surface area contributed by atoms with Crippen LogP contribution in [-0.4, -0.2) is 71.6 Å². The molecule has 2 heterocycles. The van der Waals surface area contributed by atoms with E-state index in [1.165, 1.54) is 16.9 Å². The van der Waals surface area contributed by atoms with E-state index in [1.54, 1.807) is 0 Å². The van der Waals surface area contributed by atoms with Gasteiger partial charge >= 0.3 is 0 Å². The Morgan fingerprint density at radius 1 is 0.391 bits per heavy atom. The molecule has 0 amide bonds. The summed E-state index contributed by atoms with van der Waals surface area (Å²) < 4.78 is 42.3. The number of nitrogens with zero attached hydrogens (tertiary/aromatic N) is 3. The van der Waals surface area contributed by atoms with Gasteiger partial charge in [0.25, 0.3) is 0 Å². The van der Waals surface area contributed by atoms with Crippen molar-refractivity contribution in [3.8, 4) is 34.1 Å². The molecule has 0 N–H and O–H groups in total. The highest BCUT2D eigenvalue weighted by atomic mass is 16.5. The number of hydrogen-bond acceptors (Lipinski definition) is 10. The first kappa shape index (κ1) is 62.5. The van der Waals surface area contributed by atoms with Crippen LogP contribution >= 0.6 is 0 Å². The summed E-state index contributed by atoms with van der Waals surface area (Å²) in [6.07, 6.45) is 7.47. The lowest BCUT2D eigenvalue weighted by molar-refractivity contribution is -0.138. The van der Waals surface area contributed by atoms with E-state index in [2.05, 4.69) is 257 Å². The van der Waals surface area contributed by atoms with Crippen LogP contribution in [0, 0.1) is 10.8 Å². The quantitative estimate of drug-likeness (QED) is 0.0371. The van der Waals surface area contributed by atoms with E-state index in [1.807, 2.05) is 12.1 Å². The predicted molar refractivity (Wildman–Crippen MR) is 357 cm³/mol. The van der Waals surface area contributed by atoms with E-state index in [-0.39, 0.29) is 21.9 Å². The van der Waals surface area contributed by atoms with Gasteiger partial charge in [-0.1, -0.05) is 133 Å². The lowest BCUT2D eigenvalue weighted by atomic mass is 9.81. The topological polar surface area (TPSA) is 74.3 Å². The molecule has 10 heteroatoms. The number of para-hydroxylation sites is 2. The van der Waals surface area contributed by atoms with Crippen LogP contribution in [0.3, 0.4) is 0 Å². The molecular weight excluding hydrogens is 1080 g/mol. The van der Waals surface area contributed by atoms with Gasteiger partial charge in [0.05, 0.1) is 58.4 Å². The number of anilines is 7. The van der Waals surface area contributed by atoms with Crippen molar-refractivity contribution in [2.75, 3.05) is 80.8 Å². The van der Waals surface area contributed by atoms with Gasteiger partial charge in [-0.15, -0.1) is 0 Å². The lowest BCUT2D eigenvalue weighted by Gasteiger charge is -2.45. The lowest BCUT2D eigenvalue weighted by Crippen LogP contribution is -2.43. The standard InChI is InChI=1S/C77H91N3O7/c1-8-76(7,9-2)79(68-30-23-33-72(52-68)86-50-21-19-48-82-55-75(6)58-84-59-75)69-31-24-34-73(53-69)87-70-45-43-64(44-46-70)78(67-29-22-32-71(51-67)85-49-20-18-47-81-54-74(5)56-83-57-74)63-41-37-61(38-42-63)60-35-39-62(40-36-60)77(10-3,11-4)80(65-25-14-12-15-26-65)66-27-16-13-17-28-66/h12-17,22-46,51-53H,8-11,18-21,47-50,54-59H2,1-7H3. The van der Waals surface area contributed by atoms with Gasteiger partial charge in [0, 0.05) is 87.6 Å². The van der Waals surface area contributed by atoms with Gasteiger partial charge in [0.1, 0.15) is 23.0 Å². The molecule has 8 aromatic rings. The number of ether oxygens (including phenoxy) is 7. The molecule has 0 bridgehead atoms.